The van der Waals surface area contributed by atoms with Gasteiger partial charge in [0, 0.05) is 18.3 Å². The van der Waals surface area contributed by atoms with Crippen LogP contribution in [0.4, 0.5) is 0 Å². The Labute approximate surface area is 269 Å². The Morgan fingerprint density at radius 1 is 1.06 bits per heavy atom. The number of hydrogen-bond donors (Lipinski definition) is 0. The van der Waals surface area contributed by atoms with Gasteiger partial charge in [0.2, 0.25) is 0 Å². The molecule has 0 bridgehead atoms. The molecule has 31 heavy (non-hydrogen) atoms. The topological polar surface area (TPSA) is 101 Å². The van der Waals surface area contributed by atoms with Gasteiger partial charge < -0.3 is 20.4 Å². The zero-order valence-corrected chi connectivity index (χ0v) is 25.6. The van der Waals surface area contributed by atoms with Crippen LogP contribution in [0.25, 0.3) is 0 Å². The Kier molecular flexibility index (Phi) is 22.3. The molecule has 0 aliphatic heterocycles. The van der Waals surface area contributed by atoms with Gasteiger partial charge >= 0.3 is 109 Å². The van der Waals surface area contributed by atoms with Crippen molar-refractivity contribution in [3.8, 4) is 0 Å². The summed E-state index contributed by atoms with van der Waals surface area (Å²) in [5.41, 5.74) is 2.90. The zero-order chi connectivity index (χ0) is 21.5. The second kappa shape index (κ2) is 20.3. The van der Waals surface area contributed by atoms with Gasteiger partial charge in [-0.2, -0.15) is 16.0 Å². The first-order valence-corrected chi connectivity index (χ1v) is 11.0. The standard InChI is InChI=1S/C21H26O4P.CO2.2K/c1-18-12-14-20(15-13-18)21(22)11-5-6-16-25-26(23,24)17-7-10-19-8-3-2-4-9-19;2-1-3;;/h2-5,8-9,12-15H,6-7,10-11,16-17H2,1H3,(H,23,24);;;/q-1;;2*+1/p-1. The molecule has 0 amide bonds. The van der Waals surface area contributed by atoms with Crippen molar-refractivity contribution < 1.29 is 131 Å². The van der Waals surface area contributed by atoms with E-state index in [1.165, 1.54) is 0 Å². The number of hydrogen-bond acceptors (Lipinski definition) is 6. The van der Waals surface area contributed by atoms with E-state index in [0.717, 1.165) is 11.1 Å². The smallest absolute Gasteiger partial charge is 0.778 e. The first-order valence-electron chi connectivity index (χ1n) is 9.27. The molecule has 0 saturated heterocycles. The van der Waals surface area contributed by atoms with Crippen LogP contribution >= 0.6 is 7.60 Å². The van der Waals surface area contributed by atoms with Gasteiger partial charge in [-0.15, -0.1) is 6.42 Å². The van der Waals surface area contributed by atoms with Gasteiger partial charge in [0.25, 0.3) is 0 Å². The van der Waals surface area contributed by atoms with Crippen molar-refractivity contribution in [3.63, 3.8) is 0 Å². The van der Waals surface area contributed by atoms with Crippen LogP contribution in [-0.2, 0) is 25.1 Å². The van der Waals surface area contributed by atoms with Crippen molar-refractivity contribution >= 4 is 19.5 Å². The van der Waals surface area contributed by atoms with E-state index in [4.69, 9.17) is 14.1 Å². The number of rotatable bonds is 11. The minimum atomic E-state index is -3.81. The Balaban J connectivity index is 0. The predicted octanol–water partition coefficient (Wildman–Crippen LogP) is -2.21. The Morgan fingerprint density at radius 3 is 2.23 bits per heavy atom. The van der Waals surface area contributed by atoms with E-state index in [1.54, 1.807) is 18.6 Å². The maximum atomic E-state index is 12.0. The molecule has 0 aliphatic rings. The summed E-state index contributed by atoms with van der Waals surface area (Å²) in [7, 11) is -3.81. The van der Waals surface area contributed by atoms with Gasteiger partial charge in [-0.05, 0) is 25.3 Å². The molecular weight excluding hydrogens is 469 g/mol. The van der Waals surface area contributed by atoms with E-state index in [9.17, 15) is 14.3 Å². The van der Waals surface area contributed by atoms with Crippen LogP contribution < -0.4 is 108 Å². The first kappa shape index (κ1) is 34.1. The largest absolute Gasteiger partial charge is 1.00 e. The molecule has 0 aliphatic carbocycles. The summed E-state index contributed by atoms with van der Waals surface area (Å²) in [6.45, 7) is 2.06. The summed E-state index contributed by atoms with van der Waals surface area (Å²) < 4.78 is 16.9. The molecule has 0 heterocycles. The molecule has 0 N–H and O–H groups in total. The molecule has 0 saturated carbocycles. The third-order valence-electron chi connectivity index (χ3n) is 4.05. The Hall–Kier alpha value is 0.913. The normalized spacial score (nSPS) is 11.4. The zero-order valence-electron chi connectivity index (χ0n) is 18.4. The van der Waals surface area contributed by atoms with E-state index in [0.29, 0.717) is 24.8 Å². The fraction of sp³-hybridized carbons (Fsp3) is 0.318. The van der Waals surface area contributed by atoms with Gasteiger partial charge in [0.1, 0.15) is 13.4 Å². The molecule has 0 radical (unpaired) electrons. The maximum Gasteiger partial charge on any atom is 1.00 e. The average molecular weight is 495 g/mol. The molecule has 1 unspecified atom stereocenters. The molecule has 0 spiro atoms. The molecule has 156 valence electrons. The third-order valence-corrected chi connectivity index (χ3v) is 5.49. The maximum absolute atomic E-state index is 12.0. The SMILES string of the molecule is Cc1ccc(C(=O)C[CH-]CCOP(=O)([O-])CCCc2ccccc2)cc1.O=C=O.[K+].[K+]. The molecule has 2 rings (SSSR count). The predicted molar refractivity (Wildman–Crippen MR) is 107 cm³/mol. The number of Topliss-reactive ketones (excluding diaryl/α,β-unsaturated/α-hetero) is 1. The number of unbranched alkanes of at least 4 members (excludes halogenated alkanes) is 1. The van der Waals surface area contributed by atoms with Gasteiger partial charge in [0.05, 0.1) is 0 Å². The number of benzene rings is 2. The number of carbonyl (C=O) groups excluding carboxylic acids is 3. The van der Waals surface area contributed by atoms with E-state index < -0.39 is 7.60 Å². The molecule has 2 aromatic carbocycles. The summed E-state index contributed by atoms with van der Waals surface area (Å²) in [4.78, 5) is 40.1. The summed E-state index contributed by atoms with van der Waals surface area (Å²) >= 11 is 0. The van der Waals surface area contributed by atoms with Gasteiger partial charge in [-0.25, -0.2) is 0 Å². The third kappa shape index (κ3) is 17.1. The van der Waals surface area contributed by atoms with Crippen LogP contribution in [0, 0.1) is 13.3 Å². The fourth-order valence-electron chi connectivity index (χ4n) is 2.55. The minimum Gasteiger partial charge on any atom is -0.778 e. The van der Waals surface area contributed by atoms with Crippen LogP contribution in [0.2, 0.25) is 0 Å². The van der Waals surface area contributed by atoms with E-state index in [2.05, 4.69) is 0 Å². The van der Waals surface area contributed by atoms with Crippen molar-refractivity contribution in [3.05, 3.63) is 77.7 Å². The minimum absolute atomic E-state index is 0. The van der Waals surface area contributed by atoms with Crippen molar-refractivity contribution in [2.75, 3.05) is 12.8 Å². The molecule has 0 aromatic heterocycles. The molecule has 9 heteroatoms. The van der Waals surface area contributed by atoms with Crippen LogP contribution in [-0.4, -0.2) is 24.7 Å². The number of carbonyl (C=O) groups is 1. The molecule has 2 aromatic rings. The molecular formula is C22H25K2O6P. The van der Waals surface area contributed by atoms with Crippen molar-refractivity contribution in [2.45, 2.75) is 32.6 Å². The second-order valence-corrected chi connectivity index (χ2v) is 8.34. The van der Waals surface area contributed by atoms with Crippen molar-refractivity contribution in [1.82, 2.24) is 0 Å². The Morgan fingerprint density at radius 2 is 1.65 bits per heavy atom. The average Bonchev–Trinajstić information content (AvgIpc) is 2.69. The van der Waals surface area contributed by atoms with E-state index in [-0.39, 0.29) is 134 Å². The fourth-order valence-corrected chi connectivity index (χ4v) is 3.61. The summed E-state index contributed by atoms with van der Waals surface area (Å²) in [6.07, 6.45) is 4.02. The quantitative estimate of drug-likeness (QED) is 0.115. The van der Waals surface area contributed by atoms with Gasteiger partial charge in [-0.1, -0.05) is 60.2 Å². The van der Waals surface area contributed by atoms with Crippen LogP contribution in [0.3, 0.4) is 0 Å². The summed E-state index contributed by atoms with van der Waals surface area (Å²) in [5, 5.41) is 0. The number of aryl methyl sites for hydroxylation is 2. The molecule has 6 nitrogen and oxygen atoms in total. The Bertz CT molecular complexity index is 822. The van der Waals surface area contributed by atoms with Crippen LogP contribution in [0.5, 0.6) is 0 Å². The summed E-state index contributed by atoms with van der Waals surface area (Å²) in [6, 6.07) is 17.2. The van der Waals surface area contributed by atoms with Crippen LogP contribution in [0.15, 0.2) is 54.6 Å². The van der Waals surface area contributed by atoms with Gasteiger partial charge in [-0.3, -0.25) is 4.79 Å². The molecule has 0 fully saturated rings. The van der Waals surface area contributed by atoms with Crippen molar-refractivity contribution in [2.24, 2.45) is 0 Å². The first-order chi connectivity index (χ1) is 13.9. The molecule has 1 atom stereocenters. The monoisotopic (exact) mass is 494 g/mol. The van der Waals surface area contributed by atoms with E-state index >= 15 is 0 Å². The van der Waals surface area contributed by atoms with E-state index in [1.807, 2.05) is 49.4 Å². The number of ketones is 1. The second-order valence-electron chi connectivity index (χ2n) is 6.41. The summed E-state index contributed by atoms with van der Waals surface area (Å²) in [5.74, 6) is 0.0261. The van der Waals surface area contributed by atoms with Gasteiger partial charge in [0.15, 0.2) is 0 Å². The van der Waals surface area contributed by atoms with Crippen LogP contribution in [0.1, 0.15) is 40.7 Å². The van der Waals surface area contributed by atoms with Crippen molar-refractivity contribution in [1.29, 1.82) is 0 Å².